The highest BCUT2D eigenvalue weighted by atomic mass is 14.1. The Morgan fingerprint density at radius 1 is 1.19 bits per heavy atom. The van der Waals surface area contributed by atoms with E-state index in [0.717, 1.165) is 12.8 Å². The average Bonchev–Trinajstić information content (AvgIpc) is 2.17. The molecule has 0 aliphatic heterocycles. The molecule has 0 unspecified atom stereocenters. The SMILES string of the molecule is C=CC(C)(C)/C=C/C=C(\C)CCC=C(C)C. The summed E-state index contributed by atoms with van der Waals surface area (Å²) in [6, 6.07) is 0. The molecular weight excluding hydrogens is 192 g/mol. The molecule has 0 atom stereocenters. The van der Waals surface area contributed by atoms with Crippen LogP contribution in [0.1, 0.15) is 47.5 Å². The third-order valence-electron chi connectivity index (χ3n) is 2.52. The molecule has 0 rings (SSSR count). The Balaban J connectivity index is 4.15. The molecule has 0 nitrogen and oxygen atoms in total. The number of allylic oxidation sites excluding steroid dienone is 7. The van der Waals surface area contributed by atoms with Crippen LogP contribution in [0.3, 0.4) is 0 Å². The lowest BCUT2D eigenvalue weighted by Gasteiger charge is -2.12. The molecule has 0 N–H and O–H groups in total. The van der Waals surface area contributed by atoms with Crippen LogP contribution in [0.2, 0.25) is 0 Å². The lowest BCUT2D eigenvalue weighted by Crippen LogP contribution is -2.00. The Morgan fingerprint density at radius 2 is 1.81 bits per heavy atom. The van der Waals surface area contributed by atoms with E-state index in [2.05, 4.69) is 65.5 Å². The number of rotatable bonds is 6. The van der Waals surface area contributed by atoms with E-state index < -0.39 is 0 Å². The molecule has 0 fully saturated rings. The second-order valence-electron chi connectivity index (χ2n) is 5.22. The predicted octanol–water partition coefficient (Wildman–Crippen LogP) is 5.45. The van der Waals surface area contributed by atoms with E-state index in [4.69, 9.17) is 0 Å². The van der Waals surface area contributed by atoms with E-state index in [1.54, 1.807) is 0 Å². The molecule has 0 heterocycles. The van der Waals surface area contributed by atoms with Gasteiger partial charge in [-0.15, -0.1) is 6.58 Å². The third kappa shape index (κ3) is 8.28. The molecule has 0 radical (unpaired) electrons. The fourth-order valence-corrected chi connectivity index (χ4v) is 1.20. The molecule has 0 aliphatic carbocycles. The molecule has 0 aromatic heterocycles. The largest absolute Gasteiger partial charge is 0.102 e. The van der Waals surface area contributed by atoms with Gasteiger partial charge in [0, 0.05) is 5.41 Å². The van der Waals surface area contributed by atoms with Gasteiger partial charge in [-0.1, -0.05) is 55.4 Å². The molecule has 0 bridgehead atoms. The van der Waals surface area contributed by atoms with Crippen molar-refractivity contribution in [1.29, 1.82) is 0 Å². The van der Waals surface area contributed by atoms with Crippen LogP contribution in [-0.4, -0.2) is 0 Å². The van der Waals surface area contributed by atoms with Crippen LogP contribution in [-0.2, 0) is 0 Å². The molecule has 0 heteroatoms. The van der Waals surface area contributed by atoms with Crippen molar-refractivity contribution in [1.82, 2.24) is 0 Å². The molecule has 0 aliphatic rings. The van der Waals surface area contributed by atoms with Crippen LogP contribution in [0.25, 0.3) is 0 Å². The van der Waals surface area contributed by atoms with Crippen molar-refractivity contribution >= 4 is 0 Å². The highest BCUT2D eigenvalue weighted by molar-refractivity contribution is 5.16. The highest BCUT2D eigenvalue weighted by Gasteiger charge is 2.05. The van der Waals surface area contributed by atoms with Crippen molar-refractivity contribution in [2.24, 2.45) is 5.41 Å². The van der Waals surface area contributed by atoms with Gasteiger partial charge in [0.05, 0.1) is 0 Å². The maximum Gasteiger partial charge on any atom is 0.000484 e. The van der Waals surface area contributed by atoms with E-state index in [1.165, 1.54) is 11.1 Å². The predicted molar refractivity (Wildman–Crippen MR) is 75.5 cm³/mol. The fourth-order valence-electron chi connectivity index (χ4n) is 1.20. The molecule has 16 heavy (non-hydrogen) atoms. The van der Waals surface area contributed by atoms with Crippen molar-refractivity contribution in [3.8, 4) is 0 Å². The summed E-state index contributed by atoms with van der Waals surface area (Å²) in [7, 11) is 0. The summed E-state index contributed by atoms with van der Waals surface area (Å²) < 4.78 is 0. The molecular formula is C16H26. The van der Waals surface area contributed by atoms with Crippen molar-refractivity contribution in [2.75, 3.05) is 0 Å². The zero-order chi connectivity index (χ0) is 12.6. The van der Waals surface area contributed by atoms with Crippen LogP contribution < -0.4 is 0 Å². The van der Waals surface area contributed by atoms with E-state index >= 15 is 0 Å². The molecule has 0 saturated carbocycles. The number of hydrogen-bond acceptors (Lipinski definition) is 0. The third-order valence-corrected chi connectivity index (χ3v) is 2.52. The first-order valence-corrected chi connectivity index (χ1v) is 5.99. The van der Waals surface area contributed by atoms with Gasteiger partial charge in [0.2, 0.25) is 0 Å². The zero-order valence-electron chi connectivity index (χ0n) is 11.5. The summed E-state index contributed by atoms with van der Waals surface area (Å²) in [4.78, 5) is 0. The van der Waals surface area contributed by atoms with Crippen LogP contribution in [0, 0.1) is 5.41 Å². The Labute approximate surface area is 101 Å². The maximum absolute atomic E-state index is 3.82. The number of hydrogen-bond donors (Lipinski definition) is 0. The lowest BCUT2D eigenvalue weighted by atomic mass is 9.93. The maximum atomic E-state index is 3.82. The van der Waals surface area contributed by atoms with Gasteiger partial charge in [0.25, 0.3) is 0 Å². The summed E-state index contributed by atoms with van der Waals surface area (Å²) >= 11 is 0. The van der Waals surface area contributed by atoms with Gasteiger partial charge in [-0.2, -0.15) is 0 Å². The minimum absolute atomic E-state index is 0.0939. The summed E-state index contributed by atoms with van der Waals surface area (Å²) in [5, 5.41) is 0. The second kappa shape index (κ2) is 7.27. The summed E-state index contributed by atoms with van der Waals surface area (Å²) in [6.45, 7) is 14.6. The molecule has 0 aromatic rings. The Bertz CT molecular complexity index is 294. The standard InChI is InChI=1S/C16H26/c1-7-16(5,6)13-9-12-15(4)11-8-10-14(2)3/h7,9-10,12-13H,1,8,11H2,2-6H3/b13-9+,15-12+. The topological polar surface area (TPSA) is 0 Å². The van der Waals surface area contributed by atoms with Gasteiger partial charge in [-0.3, -0.25) is 0 Å². The summed E-state index contributed by atoms with van der Waals surface area (Å²) in [6.07, 6.45) is 13.1. The van der Waals surface area contributed by atoms with Gasteiger partial charge >= 0.3 is 0 Å². The normalized spacial score (nSPS) is 12.9. The van der Waals surface area contributed by atoms with Crippen LogP contribution in [0.4, 0.5) is 0 Å². The van der Waals surface area contributed by atoms with Gasteiger partial charge in [-0.25, -0.2) is 0 Å². The van der Waals surface area contributed by atoms with Gasteiger partial charge in [0.15, 0.2) is 0 Å². The van der Waals surface area contributed by atoms with Gasteiger partial charge in [-0.05, 0) is 33.6 Å². The van der Waals surface area contributed by atoms with Crippen molar-refractivity contribution in [3.05, 3.63) is 48.1 Å². The van der Waals surface area contributed by atoms with Crippen LogP contribution in [0.15, 0.2) is 48.1 Å². The first-order valence-electron chi connectivity index (χ1n) is 5.99. The fraction of sp³-hybridized carbons (Fsp3) is 0.500. The monoisotopic (exact) mass is 218 g/mol. The highest BCUT2D eigenvalue weighted by Crippen LogP contribution is 2.18. The quantitative estimate of drug-likeness (QED) is 0.411. The zero-order valence-corrected chi connectivity index (χ0v) is 11.5. The summed E-state index contributed by atoms with van der Waals surface area (Å²) in [5.74, 6) is 0. The van der Waals surface area contributed by atoms with E-state index in [1.807, 2.05) is 6.08 Å². The Hall–Kier alpha value is -1.04. The Kier molecular flexibility index (Phi) is 6.80. The average molecular weight is 218 g/mol. The van der Waals surface area contributed by atoms with Crippen molar-refractivity contribution in [2.45, 2.75) is 47.5 Å². The smallest absolute Gasteiger partial charge is 0.000484 e. The molecule has 0 saturated heterocycles. The van der Waals surface area contributed by atoms with Crippen LogP contribution >= 0.6 is 0 Å². The van der Waals surface area contributed by atoms with Gasteiger partial charge in [0.1, 0.15) is 0 Å². The molecule has 90 valence electrons. The van der Waals surface area contributed by atoms with E-state index in [9.17, 15) is 0 Å². The van der Waals surface area contributed by atoms with E-state index in [-0.39, 0.29) is 5.41 Å². The minimum atomic E-state index is 0.0939. The first kappa shape index (κ1) is 15.0. The molecule has 0 amide bonds. The minimum Gasteiger partial charge on any atom is -0.102 e. The lowest BCUT2D eigenvalue weighted by molar-refractivity contribution is 0.628. The second-order valence-corrected chi connectivity index (χ2v) is 5.22. The molecule has 0 spiro atoms. The van der Waals surface area contributed by atoms with Crippen molar-refractivity contribution < 1.29 is 0 Å². The molecule has 0 aromatic carbocycles. The Morgan fingerprint density at radius 3 is 2.31 bits per heavy atom. The van der Waals surface area contributed by atoms with Gasteiger partial charge < -0.3 is 0 Å². The summed E-state index contributed by atoms with van der Waals surface area (Å²) in [5.41, 5.74) is 2.92. The van der Waals surface area contributed by atoms with E-state index in [0.29, 0.717) is 0 Å². The first-order chi connectivity index (χ1) is 7.37. The van der Waals surface area contributed by atoms with Crippen LogP contribution in [0.5, 0.6) is 0 Å². The van der Waals surface area contributed by atoms with Crippen molar-refractivity contribution in [3.63, 3.8) is 0 Å².